The molecule has 0 spiro atoms. The Morgan fingerprint density at radius 2 is 2.15 bits per heavy atom. The second kappa shape index (κ2) is 9.72. The van der Waals surface area contributed by atoms with Gasteiger partial charge < -0.3 is 10.1 Å². The number of halogens is 1. The van der Waals surface area contributed by atoms with Gasteiger partial charge in [0.25, 0.3) is 5.56 Å². The summed E-state index contributed by atoms with van der Waals surface area (Å²) in [7, 11) is 3.01. The molecule has 2 rings (SSSR count). The number of nitrogens with one attached hydrogen (secondary N) is 2. The van der Waals surface area contributed by atoms with Crippen molar-refractivity contribution in [2.24, 2.45) is 0 Å². The lowest BCUT2D eigenvalue weighted by Crippen LogP contribution is -2.41. The third-order valence-corrected chi connectivity index (χ3v) is 5.05. The molecular formula is C17H21ClN4O4S. The standard InChI is InChI=1S/C17H21ClN4O4S/c1-10(14(23)21-16(25)19-2)27-17-20-13-9-11(18)5-6-12(13)15(24)22(17)7-4-8-26-3/h5-6,9-10H,4,7-8H2,1-3H3,(H2,19,21,23,25)/t10-/m1/s1. The van der Waals surface area contributed by atoms with Gasteiger partial charge in [0.15, 0.2) is 5.16 Å². The summed E-state index contributed by atoms with van der Waals surface area (Å²) in [6.45, 7) is 2.52. The minimum atomic E-state index is -0.639. The molecule has 8 nitrogen and oxygen atoms in total. The predicted molar refractivity (Wildman–Crippen MR) is 105 cm³/mol. The van der Waals surface area contributed by atoms with Crippen LogP contribution in [-0.4, -0.2) is 47.5 Å². The number of hydrogen-bond donors (Lipinski definition) is 2. The molecule has 0 aliphatic carbocycles. The number of imide groups is 1. The smallest absolute Gasteiger partial charge is 0.321 e. The number of urea groups is 1. The summed E-state index contributed by atoms with van der Waals surface area (Å²) in [5.41, 5.74) is 0.242. The number of nitrogens with zero attached hydrogens (tertiary/aromatic N) is 2. The number of rotatable bonds is 7. The van der Waals surface area contributed by atoms with Gasteiger partial charge in [0.1, 0.15) is 0 Å². The van der Waals surface area contributed by atoms with E-state index >= 15 is 0 Å². The van der Waals surface area contributed by atoms with Crippen LogP contribution in [0.15, 0.2) is 28.2 Å². The van der Waals surface area contributed by atoms with Crippen molar-refractivity contribution in [3.05, 3.63) is 33.6 Å². The van der Waals surface area contributed by atoms with Crippen LogP contribution in [0, 0.1) is 0 Å². The number of carbonyl (C=O) groups excluding carboxylic acids is 2. The molecular weight excluding hydrogens is 392 g/mol. The van der Waals surface area contributed by atoms with E-state index in [2.05, 4.69) is 15.6 Å². The Balaban J connectivity index is 2.39. The minimum Gasteiger partial charge on any atom is -0.385 e. The van der Waals surface area contributed by atoms with Gasteiger partial charge >= 0.3 is 6.03 Å². The molecule has 27 heavy (non-hydrogen) atoms. The second-order valence-corrected chi connectivity index (χ2v) is 7.43. The number of fused-ring (bicyclic) bond motifs is 1. The Labute approximate surface area is 165 Å². The molecule has 3 amide bonds. The number of benzene rings is 1. The van der Waals surface area contributed by atoms with Gasteiger partial charge in [0.2, 0.25) is 5.91 Å². The van der Waals surface area contributed by atoms with Crippen LogP contribution in [0.25, 0.3) is 10.9 Å². The van der Waals surface area contributed by atoms with Gasteiger partial charge in [0.05, 0.1) is 16.2 Å². The highest BCUT2D eigenvalue weighted by Gasteiger charge is 2.20. The molecule has 0 saturated heterocycles. The molecule has 0 bridgehead atoms. The number of hydrogen-bond acceptors (Lipinski definition) is 6. The molecule has 2 aromatic rings. The predicted octanol–water partition coefficient (Wildman–Crippen LogP) is 2.02. The van der Waals surface area contributed by atoms with Gasteiger partial charge in [-0.2, -0.15) is 0 Å². The fourth-order valence-corrected chi connectivity index (χ4v) is 3.42. The molecule has 1 heterocycles. The van der Waals surface area contributed by atoms with Crippen molar-refractivity contribution < 1.29 is 14.3 Å². The Kier molecular flexibility index (Phi) is 7.64. The van der Waals surface area contributed by atoms with Crippen molar-refractivity contribution in [2.75, 3.05) is 20.8 Å². The number of amides is 3. The number of thioether (sulfide) groups is 1. The number of ether oxygens (including phenoxy) is 1. The third-order valence-electron chi connectivity index (χ3n) is 3.73. The van der Waals surface area contributed by atoms with E-state index in [-0.39, 0.29) is 5.56 Å². The molecule has 0 unspecified atom stereocenters. The zero-order valence-electron chi connectivity index (χ0n) is 15.2. The molecule has 0 aliphatic rings. The second-order valence-electron chi connectivity index (χ2n) is 5.69. The molecule has 1 aromatic carbocycles. The van der Waals surface area contributed by atoms with Crippen molar-refractivity contribution in [3.63, 3.8) is 0 Å². The molecule has 0 saturated carbocycles. The third kappa shape index (κ3) is 5.44. The van der Waals surface area contributed by atoms with Crippen molar-refractivity contribution in [1.29, 1.82) is 0 Å². The zero-order chi connectivity index (χ0) is 20.0. The molecule has 10 heteroatoms. The van der Waals surface area contributed by atoms with E-state index in [4.69, 9.17) is 16.3 Å². The van der Waals surface area contributed by atoms with Crippen molar-refractivity contribution >= 4 is 46.2 Å². The summed E-state index contributed by atoms with van der Waals surface area (Å²) in [4.78, 5) is 40.9. The number of carbonyl (C=O) groups is 2. The van der Waals surface area contributed by atoms with Crippen LogP contribution in [0.4, 0.5) is 4.79 Å². The van der Waals surface area contributed by atoms with Crippen LogP contribution >= 0.6 is 23.4 Å². The maximum absolute atomic E-state index is 12.9. The summed E-state index contributed by atoms with van der Waals surface area (Å²) in [6.07, 6.45) is 0.615. The maximum atomic E-state index is 12.9. The molecule has 0 radical (unpaired) electrons. The van der Waals surface area contributed by atoms with Gasteiger partial charge in [-0.3, -0.25) is 19.5 Å². The average molecular weight is 413 g/mol. The van der Waals surface area contributed by atoms with E-state index in [1.54, 1.807) is 32.2 Å². The lowest BCUT2D eigenvalue weighted by Gasteiger charge is -2.16. The Bertz CT molecular complexity index is 902. The van der Waals surface area contributed by atoms with Crippen molar-refractivity contribution in [1.82, 2.24) is 20.2 Å². The quantitative estimate of drug-likeness (QED) is 0.410. The van der Waals surface area contributed by atoms with Crippen LogP contribution < -0.4 is 16.2 Å². The fraction of sp³-hybridized carbons (Fsp3) is 0.412. The van der Waals surface area contributed by atoms with E-state index in [9.17, 15) is 14.4 Å². The zero-order valence-corrected chi connectivity index (χ0v) is 16.8. The fourth-order valence-electron chi connectivity index (χ4n) is 2.32. The van der Waals surface area contributed by atoms with E-state index in [0.717, 1.165) is 11.8 Å². The summed E-state index contributed by atoms with van der Waals surface area (Å²) in [5, 5.41) is 5.19. The van der Waals surface area contributed by atoms with Gasteiger partial charge in [-0.05, 0) is 31.5 Å². The highest BCUT2D eigenvalue weighted by molar-refractivity contribution is 8.00. The molecule has 2 N–H and O–H groups in total. The average Bonchev–Trinajstić information content (AvgIpc) is 2.63. The highest BCUT2D eigenvalue weighted by Crippen LogP contribution is 2.24. The van der Waals surface area contributed by atoms with E-state index in [0.29, 0.717) is 40.7 Å². The summed E-state index contributed by atoms with van der Waals surface area (Å²) < 4.78 is 6.57. The Morgan fingerprint density at radius 1 is 1.41 bits per heavy atom. The monoisotopic (exact) mass is 412 g/mol. The van der Waals surface area contributed by atoms with Crippen molar-refractivity contribution in [2.45, 2.75) is 30.3 Å². The molecule has 0 fully saturated rings. The highest BCUT2D eigenvalue weighted by atomic mass is 35.5. The molecule has 1 atom stereocenters. The Morgan fingerprint density at radius 3 is 2.81 bits per heavy atom. The summed E-state index contributed by atoms with van der Waals surface area (Å²) in [5.74, 6) is -0.483. The Hall–Kier alpha value is -2.10. The number of aromatic nitrogens is 2. The maximum Gasteiger partial charge on any atom is 0.321 e. The molecule has 0 aliphatic heterocycles. The normalized spacial score (nSPS) is 12.0. The first kappa shape index (κ1) is 21.2. The van der Waals surface area contributed by atoms with Gasteiger partial charge in [-0.25, -0.2) is 9.78 Å². The lowest BCUT2D eigenvalue weighted by molar-refractivity contribution is -0.119. The van der Waals surface area contributed by atoms with Crippen LogP contribution in [0.3, 0.4) is 0 Å². The van der Waals surface area contributed by atoms with Gasteiger partial charge in [-0.15, -0.1) is 0 Å². The van der Waals surface area contributed by atoms with E-state index in [1.807, 2.05) is 0 Å². The van der Waals surface area contributed by atoms with Crippen LogP contribution in [0.2, 0.25) is 5.02 Å². The molecule has 1 aromatic heterocycles. The largest absolute Gasteiger partial charge is 0.385 e. The van der Waals surface area contributed by atoms with Crippen LogP contribution in [0.5, 0.6) is 0 Å². The topological polar surface area (TPSA) is 102 Å². The summed E-state index contributed by atoms with van der Waals surface area (Å²) in [6, 6.07) is 4.29. The number of methoxy groups -OCH3 is 1. The van der Waals surface area contributed by atoms with E-state index < -0.39 is 17.2 Å². The first-order valence-corrected chi connectivity index (χ1v) is 9.51. The van der Waals surface area contributed by atoms with Crippen LogP contribution in [-0.2, 0) is 16.1 Å². The molecule has 146 valence electrons. The van der Waals surface area contributed by atoms with E-state index in [1.165, 1.54) is 11.6 Å². The summed E-state index contributed by atoms with van der Waals surface area (Å²) >= 11 is 7.11. The minimum absolute atomic E-state index is 0.214. The first-order chi connectivity index (χ1) is 12.9. The van der Waals surface area contributed by atoms with Gasteiger partial charge in [-0.1, -0.05) is 23.4 Å². The van der Waals surface area contributed by atoms with Crippen LogP contribution in [0.1, 0.15) is 13.3 Å². The SMILES string of the molecule is CNC(=O)NC(=O)[C@@H](C)Sc1nc2cc(Cl)ccc2c(=O)n1CCCOC. The first-order valence-electron chi connectivity index (χ1n) is 8.25. The van der Waals surface area contributed by atoms with Gasteiger partial charge in [0, 0.05) is 32.3 Å². The lowest BCUT2D eigenvalue weighted by atomic mass is 10.2. The van der Waals surface area contributed by atoms with Crippen molar-refractivity contribution in [3.8, 4) is 0 Å².